The number of nitrogens with two attached hydrogens (primary N) is 1. The maximum absolute atomic E-state index is 13.8. The molecule has 1 saturated carbocycles. The second kappa shape index (κ2) is 7.66. The van der Waals surface area contributed by atoms with E-state index in [0.29, 0.717) is 38.2 Å². The van der Waals surface area contributed by atoms with Gasteiger partial charge in [-0.25, -0.2) is 0 Å². The molecule has 3 aliphatic carbocycles. The van der Waals surface area contributed by atoms with Crippen molar-refractivity contribution in [2.24, 2.45) is 17.6 Å². The molecule has 0 radical (unpaired) electrons. The van der Waals surface area contributed by atoms with Crippen molar-refractivity contribution in [3.05, 3.63) is 46.2 Å². The average Bonchev–Trinajstić information content (AvgIpc) is 2.77. The number of nitrogens with zero attached hydrogens (tertiary/aromatic N) is 2. The molecule has 1 amide bonds. The summed E-state index contributed by atoms with van der Waals surface area (Å²) in [6.45, 7) is 2.23. The monoisotopic (exact) mass is 469 g/mol. The number of hydrogen-bond acceptors (Lipinski definition) is 9. The van der Waals surface area contributed by atoms with Crippen LogP contribution in [0.4, 0.5) is 0 Å². The minimum Gasteiger partial charge on any atom is -0.508 e. The van der Waals surface area contributed by atoms with Gasteiger partial charge in [-0.1, -0.05) is 12.1 Å². The van der Waals surface area contributed by atoms with E-state index in [-0.39, 0.29) is 23.3 Å². The smallest absolute Gasteiger partial charge is 0.255 e. The number of likely N-dealkylation sites (N-methyl/N-ethyl adjacent to an activating group) is 1. The van der Waals surface area contributed by atoms with Gasteiger partial charge in [0.1, 0.15) is 22.8 Å². The van der Waals surface area contributed by atoms with Crippen LogP contribution >= 0.6 is 0 Å². The van der Waals surface area contributed by atoms with Crippen LogP contribution < -0.4 is 5.73 Å². The van der Waals surface area contributed by atoms with Gasteiger partial charge in [0.15, 0.2) is 11.4 Å². The van der Waals surface area contributed by atoms with E-state index in [0.717, 1.165) is 0 Å². The van der Waals surface area contributed by atoms with Crippen LogP contribution in [0.1, 0.15) is 17.5 Å². The highest BCUT2D eigenvalue weighted by molar-refractivity contribution is 6.24. The largest absolute Gasteiger partial charge is 0.508 e. The first-order valence-electron chi connectivity index (χ1n) is 11.3. The zero-order valence-corrected chi connectivity index (χ0v) is 18.7. The number of carbonyl (C=O) groups excluding carboxylic acids is 3. The summed E-state index contributed by atoms with van der Waals surface area (Å²) in [7, 11) is 1.94. The van der Waals surface area contributed by atoms with Crippen LogP contribution in [0, 0.1) is 11.8 Å². The summed E-state index contributed by atoms with van der Waals surface area (Å²) in [5.41, 5.74) is 2.63. The number of carbonyl (C=O) groups is 3. The SMILES string of the molecule is CN1CCN([C@H]2C(=O)C(C(N)=O)=C(O)[C@@]3(O)C(=O)C4=C(O)c5c(O)cccc5C[C@H]4C[C@@H]23)CC1. The second-order valence-electron chi connectivity index (χ2n) is 9.65. The minimum absolute atomic E-state index is 0.102. The van der Waals surface area contributed by atoms with E-state index in [1.165, 1.54) is 6.07 Å². The Balaban J connectivity index is 1.69. The topological polar surface area (TPSA) is 165 Å². The molecular formula is C24H27N3O7. The van der Waals surface area contributed by atoms with Crippen molar-refractivity contribution >= 4 is 23.2 Å². The predicted octanol–water partition coefficient (Wildman–Crippen LogP) is -0.350. The number of rotatable bonds is 2. The summed E-state index contributed by atoms with van der Waals surface area (Å²) >= 11 is 0. The number of piperazine rings is 1. The van der Waals surface area contributed by atoms with E-state index in [1.54, 1.807) is 12.1 Å². The van der Waals surface area contributed by atoms with Crippen molar-refractivity contribution in [2.75, 3.05) is 33.2 Å². The van der Waals surface area contributed by atoms with E-state index < -0.39 is 58.0 Å². The zero-order valence-electron chi connectivity index (χ0n) is 18.7. The molecule has 10 heteroatoms. The normalized spacial score (nSPS) is 32.4. The van der Waals surface area contributed by atoms with Crippen LogP contribution in [0.3, 0.4) is 0 Å². The van der Waals surface area contributed by atoms with Gasteiger partial charge in [-0.3, -0.25) is 19.3 Å². The number of Topliss-reactive ketones (excluding diaryl/α,β-unsaturated/α-hetero) is 2. The van der Waals surface area contributed by atoms with Crippen molar-refractivity contribution in [2.45, 2.75) is 24.5 Å². The van der Waals surface area contributed by atoms with Gasteiger partial charge in [-0.2, -0.15) is 0 Å². The Morgan fingerprint density at radius 1 is 1.12 bits per heavy atom. The molecule has 5 rings (SSSR count). The fraction of sp³-hybridized carbons (Fsp3) is 0.458. The van der Waals surface area contributed by atoms with Gasteiger partial charge in [0, 0.05) is 37.7 Å². The van der Waals surface area contributed by atoms with Crippen LogP contribution in [-0.2, 0) is 20.8 Å². The molecule has 1 saturated heterocycles. The first-order valence-corrected chi connectivity index (χ1v) is 11.3. The molecule has 4 aliphatic rings. The predicted molar refractivity (Wildman–Crippen MR) is 120 cm³/mol. The lowest BCUT2D eigenvalue weighted by atomic mass is 9.57. The number of phenolic OH excluding ortho intramolecular Hbond substituents is 1. The number of phenols is 1. The molecule has 6 N–H and O–H groups in total. The molecule has 0 aromatic heterocycles. The number of aliphatic hydroxyl groups excluding tert-OH is 2. The number of hydrogen-bond donors (Lipinski definition) is 5. The van der Waals surface area contributed by atoms with Gasteiger partial charge < -0.3 is 31.1 Å². The number of ketones is 2. The Labute approximate surface area is 195 Å². The van der Waals surface area contributed by atoms with Crippen molar-refractivity contribution in [1.82, 2.24) is 9.80 Å². The summed E-state index contributed by atoms with van der Waals surface area (Å²) in [5, 5.41) is 43.9. The van der Waals surface area contributed by atoms with Crippen LogP contribution in [0.2, 0.25) is 0 Å². The molecule has 34 heavy (non-hydrogen) atoms. The number of fused-ring (bicyclic) bond motifs is 3. The summed E-state index contributed by atoms with van der Waals surface area (Å²) in [5.74, 6) is -6.25. The van der Waals surface area contributed by atoms with Gasteiger partial charge in [-0.05, 0) is 37.4 Å². The lowest BCUT2D eigenvalue weighted by Crippen LogP contribution is -2.68. The van der Waals surface area contributed by atoms with Crippen molar-refractivity contribution in [3.8, 4) is 5.75 Å². The molecule has 10 nitrogen and oxygen atoms in total. The summed E-state index contributed by atoms with van der Waals surface area (Å²) < 4.78 is 0. The Kier molecular flexibility index (Phi) is 5.08. The van der Waals surface area contributed by atoms with Gasteiger partial charge in [0.2, 0.25) is 5.78 Å². The first-order chi connectivity index (χ1) is 16.1. The lowest BCUT2D eigenvalue weighted by Gasteiger charge is -2.52. The minimum atomic E-state index is -2.60. The molecule has 0 unspecified atom stereocenters. The molecule has 1 aromatic rings. The maximum atomic E-state index is 13.8. The molecule has 180 valence electrons. The van der Waals surface area contributed by atoms with Crippen LogP contribution in [0.15, 0.2) is 35.1 Å². The van der Waals surface area contributed by atoms with Crippen LogP contribution in [0.5, 0.6) is 5.75 Å². The fourth-order valence-electron chi connectivity index (χ4n) is 6.11. The number of primary amides is 1. The quantitative estimate of drug-likeness (QED) is 0.364. The molecular weight excluding hydrogens is 442 g/mol. The van der Waals surface area contributed by atoms with E-state index in [9.17, 15) is 34.8 Å². The molecule has 1 aliphatic heterocycles. The van der Waals surface area contributed by atoms with E-state index in [4.69, 9.17) is 5.73 Å². The Morgan fingerprint density at radius 2 is 1.79 bits per heavy atom. The number of benzene rings is 1. The first kappa shape index (κ1) is 22.6. The average molecular weight is 469 g/mol. The molecule has 0 spiro atoms. The molecule has 0 bridgehead atoms. The van der Waals surface area contributed by atoms with Crippen LogP contribution in [0.25, 0.3) is 5.76 Å². The van der Waals surface area contributed by atoms with E-state index in [2.05, 4.69) is 4.90 Å². The summed E-state index contributed by atoms with van der Waals surface area (Å²) in [6.07, 6.45) is 0.411. The fourth-order valence-corrected chi connectivity index (χ4v) is 6.11. The molecule has 1 aromatic carbocycles. The van der Waals surface area contributed by atoms with Crippen molar-refractivity contribution in [3.63, 3.8) is 0 Å². The zero-order chi connectivity index (χ0) is 24.5. The van der Waals surface area contributed by atoms with Gasteiger partial charge >= 0.3 is 0 Å². The Hall–Kier alpha value is -3.21. The lowest BCUT2D eigenvalue weighted by molar-refractivity contribution is -0.155. The Bertz CT molecular complexity index is 1180. The van der Waals surface area contributed by atoms with E-state index >= 15 is 0 Å². The maximum Gasteiger partial charge on any atom is 0.255 e. The molecule has 4 atom stereocenters. The molecule has 1 heterocycles. The summed E-state index contributed by atoms with van der Waals surface area (Å²) in [4.78, 5) is 43.3. The highest BCUT2D eigenvalue weighted by Gasteiger charge is 2.64. The molecule has 2 fully saturated rings. The third kappa shape index (κ3) is 2.95. The van der Waals surface area contributed by atoms with Gasteiger partial charge in [0.05, 0.1) is 11.6 Å². The third-order valence-corrected chi connectivity index (χ3v) is 7.83. The van der Waals surface area contributed by atoms with Gasteiger partial charge in [0.25, 0.3) is 5.91 Å². The van der Waals surface area contributed by atoms with Crippen LogP contribution in [-0.4, -0.2) is 92.6 Å². The standard InChI is InChI=1S/C24H27N3O7/c1-26-5-7-27(8-6-26)18-13-10-12-9-11-3-2-4-14(28)15(11)19(29)16(12)21(31)24(13,34)22(32)17(20(18)30)23(25)33/h2-4,12-13,18,28-29,32,34H,5-10H2,1H3,(H2,25,33)/t12-,13-,18+,24-/m0/s1. The van der Waals surface area contributed by atoms with E-state index in [1.807, 2.05) is 11.9 Å². The highest BCUT2D eigenvalue weighted by atomic mass is 16.3. The number of aromatic hydroxyl groups is 1. The van der Waals surface area contributed by atoms with Crippen molar-refractivity contribution < 1.29 is 34.8 Å². The highest BCUT2D eigenvalue weighted by Crippen LogP contribution is 2.52. The third-order valence-electron chi connectivity index (χ3n) is 7.83. The van der Waals surface area contributed by atoms with Crippen molar-refractivity contribution in [1.29, 1.82) is 0 Å². The number of aliphatic hydroxyl groups is 3. The second-order valence-corrected chi connectivity index (χ2v) is 9.65. The number of amides is 1. The Morgan fingerprint density at radius 3 is 2.44 bits per heavy atom. The van der Waals surface area contributed by atoms with Gasteiger partial charge in [-0.15, -0.1) is 0 Å². The summed E-state index contributed by atoms with van der Waals surface area (Å²) in [6, 6.07) is 3.72.